The molecule has 3 N–H and O–H groups in total. The van der Waals surface area contributed by atoms with Crippen molar-refractivity contribution in [1.82, 2.24) is 5.32 Å². The Morgan fingerprint density at radius 3 is 2.55 bits per heavy atom. The molecule has 0 fully saturated rings. The fourth-order valence-electron chi connectivity index (χ4n) is 2.31. The van der Waals surface area contributed by atoms with Crippen molar-refractivity contribution in [2.24, 2.45) is 0 Å². The van der Waals surface area contributed by atoms with Crippen LogP contribution in [0.4, 0.5) is 0 Å². The summed E-state index contributed by atoms with van der Waals surface area (Å²) in [5.41, 5.74) is 0.951. The molecule has 3 nitrogen and oxygen atoms in total. The zero-order valence-corrected chi connectivity index (χ0v) is 11.8. The number of benzene rings is 2. The summed E-state index contributed by atoms with van der Waals surface area (Å²) in [4.78, 5) is 0. The summed E-state index contributed by atoms with van der Waals surface area (Å²) in [6.07, 6.45) is 2.44. The molecule has 0 radical (unpaired) electrons. The van der Waals surface area contributed by atoms with Crippen molar-refractivity contribution in [2.45, 2.75) is 25.4 Å². The lowest BCUT2D eigenvalue weighted by Gasteiger charge is -2.13. The van der Waals surface area contributed by atoms with Gasteiger partial charge in [0.1, 0.15) is 0 Å². The third kappa shape index (κ3) is 4.30. The molecule has 0 aliphatic rings. The maximum atomic E-state index is 10.2. The van der Waals surface area contributed by atoms with Crippen molar-refractivity contribution in [1.29, 1.82) is 0 Å². The van der Waals surface area contributed by atoms with Gasteiger partial charge in [0.2, 0.25) is 0 Å². The summed E-state index contributed by atoms with van der Waals surface area (Å²) < 4.78 is 0. The molecule has 0 spiro atoms. The van der Waals surface area contributed by atoms with Gasteiger partial charge in [0.05, 0.1) is 6.10 Å². The predicted octanol–water partition coefficient (Wildman–Crippen LogP) is 2.63. The summed E-state index contributed by atoms with van der Waals surface area (Å²) in [7, 11) is 0. The third-order valence-electron chi connectivity index (χ3n) is 3.51. The van der Waals surface area contributed by atoms with Crippen LogP contribution in [0.3, 0.4) is 0 Å². The Morgan fingerprint density at radius 2 is 1.75 bits per heavy atom. The molecule has 3 heteroatoms. The van der Waals surface area contributed by atoms with E-state index in [1.165, 1.54) is 5.39 Å². The van der Waals surface area contributed by atoms with Crippen LogP contribution in [-0.2, 0) is 0 Å². The minimum atomic E-state index is -0.475. The van der Waals surface area contributed by atoms with Crippen molar-refractivity contribution in [3.63, 3.8) is 0 Å². The zero-order valence-electron chi connectivity index (χ0n) is 11.8. The molecule has 2 rings (SSSR count). The zero-order chi connectivity index (χ0) is 14.2. The van der Waals surface area contributed by atoms with Crippen molar-refractivity contribution in [2.75, 3.05) is 19.7 Å². The maximum Gasteiger partial charge on any atom is 0.0914 e. The number of aliphatic hydroxyl groups is 2. The van der Waals surface area contributed by atoms with Gasteiger partial charge < -0.3 is 15.5 Å². The summed E-state index contributed by atoms with van der Waals surface area (Å²) in [5.74, 6) is 0. The van der Waals surface area contributed by atoms with Gasteiger partial charge in [-0.15, -0.1) is 0 Å². The Balaban J connectivity index is 1.83. The molecular weight excluding hydrogens is 250 g/mol. The lowest BCUT2D eigenvalue weighted by molar-refractivity contribution is 0.174. The molecule has 1 atom stereocenters. The second-order valence-corrected chi connectivity index (χ2v) is 5.11. The van der Waals surface area contributed by atoms with Gasteiger partial charge in [-0.3, -0.25) is 0 Å². The van der Waals surface area contributed by atoms with Crippen LogP contribution in [-0.4, -0.2) is 29.9 Å². The van der Waals surface area contributed by atoms with Crippen molar-refractivity contribution < 1.29 is 10.2 Å². The van der Waals surface area contributed by atoms with Gasteiger partial charge in [-0.2, -0.15) is 0 Å². The molecule has 0 saturated carbocycles. The van der Waals surface area contributed by atoms with E-state index in [1.54, 1.807) is 0 Å². The number of fused-ring (bicyclic) bond motifs is 1. The van der Waals surface area contributed by atoms with Gasteiger partial charge in [-0.05, 0) is 48.2 Å². The second kappa shape index (κ2) is 8.00. The first kappa shape index (κ1) is 15.0. The van der Waals surface area contributed by atoms with Crippen LogP contribution >= 0.6 is 0 Å². The van der Waals surface area contributed by atoms with Gasteiger partial charge in [-0.1, -0.05) is 36.4 Å². The second-order valence-electron chi connectivity index (χ2n) is 5.11. The summed E-state index contributed by atoms with van der Waals surface area (Å²) in [6, 6.07) is 14.3. The summed E-state index contributed by atoms with van der Waals surface area (Å²) >= 11 is 0. The quantitative estimate of drug-likeness (QED) is 0.648. The van der Waals surface area contributed by atoms with Crippen LogP contribution in [0.5, 0.6) is 0 Å². The van der Waals surface area contributed by atoms with Crippen LogP contribution < -0.4 is 5.32 Å². The molecule has 0 saturated heterocycles. The molecule has 2 aromatic carbocycles. The normalized spacial score (nSPS) is 12.7. The minimum absolute atomic E-state index is 0.264. The largest absolute Gasteiger partial charge is 0.396 e. The number of hydrogen-bond donors (Lipinski definition) is 3. The molecule has 20 heavy (non-hydrogen) atoms. The Kier molecular flexibility index (Phi) is 5.99. The van der Waals surface area contributed by atoms with E-state index in [-0.39, 0.29) is 6.61 Å². The van der Waals surface area contributed by atoms with Gasteiger partial charge in [0, 0.05) is 13.2 Å². The van der Waals surface area contributed by atoms with E-state index in [9.17, 15) is 5.11 Å². The monoisotopic (exact) mass is 273 g/mol. The van der Waals surface area contributed by atoms with Crippen LogP contribution in [0.1, 0.15) is 30.9 Å². The Labute approximate surface area is 120 Å². The summed E-state index contributed by atoms with van der Waals surface area (Å²) in [5, 5.41) is 24.5. The van der Waals surface area contributed by atoms with Crippen LogP contribution in [0.2, 0.25) is 0 Å². The van der Waals surface area contributed by atoms with Crippen LogP contribution in [0.15, 0.2) is 42.5 Å². The van der Waals surface area contributed by atoms with E-state index in [1.807, 2.05) is 24.3 Å². The number of hydrogen-bond acceptors (Lipinski definition) is 3. The highest BCUT2D eigenvalue weighted by Crippen LogP contribution is 2.19. The SMILES string of the molecule is OCCCCCNCC(O)c1ccc2ccccc2c1. The number of unbranched alkanes of at least 4 members (excludes halogenated alkanes) is 2. The van der Waals surface area contributed by atoms with E-state index >= 15 is 0 Å². The van der Waals surface area contributed by atoms with Crippen molar-refractivity contribution in [3.05, 3.63) is 48.0 Å². The molecule has 0 aliphatic heterocycles. The predicted molar refractivity (Wildman–Crippen MR) is 82.7 cm³/mol. The first-order chi connectivity index (χ1) is 9.81. The number of rotatable bonds is 8. The first-order valence-electron chi connectivity index (χ1n) is 7.29. The highest BCUT2D eigenvalue weighted by Gasteiger charge is 2.07. The van der Waals surface area contributed by atoms with E-state index in [4.69, 9.17) is 5.11 Å². The first-order valence-corrected chi connectivity index (χ1v) is 7.29. The average molecular weight is 273 g/mol. The van der Waals surface area contributed by atoms with E-state index in [2.05, 4.69) is 23.5 Å². The molecular formula is C17H23NO2. The van der Waals surface area contributed by atoms with Crippen molar-refractivity contribution >= 4 is 10.8 Å². The Hall–Kier alpha value is -1.42. The van der Waals surface area contributed by atoms with Gasteiger partial charge in [-0.25, -0.2) is 0 Å². The lowest BCUT2D eigenvalue weighted by Crippen LogP contribution is -2.22. The van der Waals surface area contributed by atoms with Gasteiger partial charge in [0.15, 0.2) is 0 Å². The molecule has 0 bridgehead atoms. The van der Waals surface area contributed by atoms with Crippen LogP contribution in [0.25, 0.3) is 10.8 Å². The number of aliphatic hydroxyl groups excluding tert-OH is 2. The Morgan fingerprint density at radius 1 is 0.950 bits per heavy atom. The van der Waals surface area contributed by atoms with E-state index in [0.29, 0.717) is 6.54 Å². The fraction of sp³-hybridized carbons (Fsp3) is 0.412. The highest BCUT2D eigenvalue weighted by atomic mass is 16.3. The molecule has 108 valence electrons. The van der Waals surface area contributed by atoms with Crippen molar-refractivity contribution in [3.8, 4) is 0 Å². The molecule has 2 aromatic rings. The van der Waals surface area contributed by atoms with Gasteiger partial charge in [0.25, 0.3) is 0 Å². The Bertz CT molecular complexity index is 527. The third-order valence-corrected chi connectivity index (χ3v) is 3.51. The minimum Gasteiger partial charge on any atom is -0.396 e. The summed E-state index contributed by atoms with van der Waals surface area (Å²) in [6.45, 7) is 1.71. The molecule has 0 aromatic heterocycles. The molecule has 0 amide bonds. The van der Waals surface area contributed by atoms with Gasteiger partial charge >= 0.3 is 0 Å². The fourth-order valence-corrected chi connectivity index (χ4v) is 2.31. The average Bonchev–Trinajstić information content (AvgIpc) is 2.50. The molecule has 1 unspecified atom stereocenters. The highest BCUT2D eigenvalue weighted by molar-refractivity contribution is 5.83. The van der Waals surface area contributed by atoms with E-state index in [0.717, 1.165) is 36.8 Å². The smallest absolute Gasteiger partial charge is 0.0914 e. The van der Waals surface area contributed by atoms with Crippen LogP contribution in [0, 0.1) is 0 Å². The van der Waals surface area contributed by atoms with E-state index < -0.39 is 6.10 Å². The maximum absolute atomic E-state index is 10.2. The topological polar surface area (TPSA) is 52.5 Å². The standard InChI is InChI=1S/C17H23NO2/c19-11-5-1-4-10-18-13-17(20)16-9-8-14-6-2-3-7-15(14)12-16/h2-3,6-9,12,17-20H,1,4-5,10-11,13H2. The molecule has 0 heterocycles. The number of nitrogens with one attached hydrogen (secondary N) is 1. The molecule has 0 aliphatic carbocycles. The lowest BCUT2D eigenvalue weighted by atomic mass is 10.0.